The lowest BCUT2D eigenvalue weighted by Crippen LogP contribution is -2.30. The smallest absolute Gasteiger partial charge is 0.336 e. The third-order valence-electron chi connectivity index (χ3n) is 6.51. The molecule has 5 rings (SSSR count). The Bertz CT molecular complexity index is 1380. The lowest BCUT2D eigenvalue weighted by atomic mass is 9.76. The minimum atomic E-state index is -3.80. The molecule has 8 heteroatoms. The second kappa shape index (κ2) is 8.53. The number of anilines is 2. The Morgan fingerprint density at radius 1 is 1.06 bits per heavy atom. The van der Waals surface area contributed by atoms with Crippen molar-refractivity contribution in [2.24, 2.45) is 5.92 Å². The van der Waals surface area contributed by atoms with Gasteiger partial charge in [0.1, 0.15) is 5.75 Å². The second-order valence-electron chi connectivity index (χ2n) is 8.45. The summed E-state index contributed by atoms with van der Waals surface area (Å²) in [5.74, 6) is -0.252. The fraction of sp³-hybridized carbons (Fsp3) is 0.192. The number of methoxy groups -OCH3 is 1. The number of nitrogens with one attached hydrogen (secondary N) is 2. The third-order valence-corrected chi connectivity index (χ3v) is 7.89. The zero-order chi connectivity index (χ0) is 23.9. The topological polar surface area (TPSA) is 105 Å². The summed E-state index contributed by atoms with van der Waals surface area (Å²) in [7, 11) is -2.25. The lowest BCUT2D eigenvalue weighted by Gasteiger charge is -2.38. The quantitative estimate of drug-likeness (QED) is 0.432. The van der Waals surface area contributed by atoms with Crippen LogP contribution in [0.15, 0.2) is 83.8 Å². The van der Waals surface area contributed by atoms with Gasteiger partial charge in [0, 0.05) is 17.3 Å². The molecule has 0 radical (unpaired) electrons. The van der Waals surface area contributed by atoms with Crippen LogP contribution in [-0.4, -0.2) is 26.6 Å². The van der Waals surface area contributed by atoms with E-state index < -0.39 is 16.0 Å². The molecule has 0 fully saturated rings. The predicted molar refractivity (Wildman–Crippen MR) is 130 cm³/mol. The van der Waals surface area contributed by atoms with Gasteiger partial charge in [-0.25, -0.2) is 13.2 Å². The molecule has 0 unspecified atom stereocenters. The monoisotopic (exact) mass is 476 g/mol. The summed E-state index contributed by atoms with van der Waals surface area (Å²) in [5, 5.41) is 13.2. The summed E-state index contributed by atoms with van der Waals surface area (Å²) in [4.78, 5) is 12.0. The molecular weight excluding hydrogens is 452 g/mol. The summed E-state index contributed by atoms with van der Waals surface area (Å²) >= 11 is 0. The molecule has 1 heterocycles. The van der Waals surface area contributed by atoms with Gasteiger partial charge in [0.25, 0.3) is 10.0 Å². The van der Waals surface area contributed by atoms with Crippen molar-refractivity contribution in [2.45, 2.75) is 23.3 Å². The van der Waals surface area contributed by atoms with E-state index in [9.17, 15) is 18.3 Å². The summed E-state index contributed by atoms with van der Waals surface area (Å²) in [6.07, 6.45) is 4.95. The molecule has 0 spiro atoms. The molecule has 3 aromatic rings. The minimum Gasteiger partial charge on any atom is -0.497 e. The van der Waals surface area contributed by atoms with E-state index in [1.807, 2.05) is 12.1 Å². The van der Waals surface area contributed by atoms with Crippen molar-refractivity contribution in [2.75, 3.05) is 17.1 Å². The summed E-state index contributed by atoms with van der Waals surface area (Å²) in [5.41, 5.74) is 3.15. The fourth-order valence-corrected chi connectivity index (χ4v) is 5.98. The third kappa shape index (κ3) is 3.90. The molecule has 1 aliphatic carbocycles. The largest absolute Gasteiger partial charge is 0.497 e. The first-order valence-electron chi connectivity index (χ1n) is 10.9. The minimum absolute atomic E-state index is 0.0146. The van der Waals surface area contributed by atoms with Crippen LogP contribution in [0.2, 0.25) is 0 Å². The van der Waals surface area contributed by atoms with E-state index in [1.54, 1.807) is 61.7 Å². The van der Waals surface area contributed by atoms with Crippen molar-refractivity contribution >= 4 is 27.4 Å². The van der Waals surface area contributed by atoms with Gasteiger partial charge in [-0.3, -0.25) is 4.72 Å². The maximum atomic E-state index is 13.1. The van der Waals surface area contributed by atoms with Gasteiger partial charge in [-0.1, -0.05) is 30.4 Å². The van der Waals surface area contributed by atoms with Crippen molar-refractivity contribution in [3.8, 4) is 5.75 Å². The number of carboxylic acid groups (broad SMARTS) is 1. The van der Waals surface area contributed by atoms with Crippen LogP contribution in [0.4, 0.5) is 11.4 Å². The zero-order valence-electron chi connectivity index (χ0n) is 18.4. The SMILES string of the molecule is COc1ccc(NS(=O)(=O)c2ccc3c(c2)[C@H]2C=CC[C@H]2[C@@H](c2ccccc2C(=O)O)N3)cc1. The van der Waals surface area contributed by atoms with Gasteiger partial charge < -0.3 is 15.2 Å². The van der Waals surface area contributed by atoms with Gasteiger partial charge in [0.15, 0.2) is 0 Å². The van der Waals surface area contributed by atoms with E-state index in [2.05, 4.69) is 22.2 Å². The van der Waals surface area contributed by atoms with Gasteiger partial charge in [-0.2, -0.15) is 0 Å². The molecule has 1 aliphatic heterocycles. The molecule has 0 aromatic heterocycles. The maximum Gasteiger partial charge on any atom is 0.336 e. The van der Waals surface area contributed by atoms with Crippen LogP contribution in [0.25, 0.3) is 0 Å². The highest BCUT2D eigenvalue weighted by molar-refractivity contribution is 7.92. The Hall–Kier alpha value is -3.78. The van der Waals surface area contributed by atoms with E-state index in [-0.39, 0.29) is 28.3 Å². The molecule has 7 nitrogen and oxygen atoms in total. The van der Waals surface area contributed by atoms with Crippen molar-refractivity contribution in [1.82, 2.24) is 0 Å². The molecular formula is C26H24N2O5S. The van der Waals surface area contributed by atoms with Crippen LogP contribution in [0.3, 0.4) is 0 Å². The Kier molecular flexibility index (Phi) is 5.53. The number of carboxylic acids is 1. The molecule has 34 heavy (non-hydrogen) atoms. The highest BCUT2D eigenvalue weighted by Gasteiger charge is 2.39. The van der Waals surface area contributed by atoms with Gasteiger partial charge in [-0.15, -0.1) is 0 Å². The number of benzene rings is 3. The van der Waals surface area contributed by atoms with E-state index >= 15 is 0 Å². The summed E-state index contributed by atoms with van der Waals surface area (Å²) in [6, 6.07) is 18.6. The Balaban J connectivity index is 1.48. The highest BCUT2D eigenvalue weighted by Crippen LogP contribution is 2.50. The van der Waals surface area contributed by atoms with E-state index in [0.29, 0.717) is 11.4 Å². The molecule has 2 aliphatic rings. The van der Waals surface area contributed by atoms with Crippen LogP contribution >= 0.6 is 0 Å². The first-order valence-corrected chi connectivity index (χ1v) is 12.4. The average molecular weight is 477 g/mol. The fourth-order valence-electron chi connectivity index (χ4n) is 4.88. The van der Waals surface area contributed by atoms with Gasteiger partial charge in [0.05, 0.1) is 23.6 Å². The summed E-state index contributed by atoms with van der Waals surface area (Å²) < 4.78 is 33.9. The lowest BCUT2D eigenvalue weighted by molar-refractivity contribution is 0.0694. The molecule has 0 bridgehead atoms. The predicted octanol–water partition coefficient (Wildman–Crippen LogP) is 5.02. The maximum absolute atomic E-state index is 13.1. The van der Waals surface area contributed by atoms with Crippen LogP contribution in [0.1, 0.15) is 39.9 Å². The van der Waals surface area contributed by atoms with Crippen LogP contribution in [-0.2, 0) is 10.0 Å². The molecule has 0 amide bonds. The number of hydrogen-bond donors (Lipinski definition) is 3. The number of rotatable bonds is 6. The average Bonchev–Trinajstić information content (AvgIpc) is 3.34. The van der Waals surface area contributed by atoms with Crippen molar-refractivity contribution in [1.29, 1.82) is 0 Å². The van der Waals surface area contributed by atoms with E-state index in [0.717, 1.165) is 23.2 Å². The van der Waals surface area contributed by atoms with Gasteiger partial charge in [0.2, 0.25) is 0 Å². The van der Waals surface area contributed by atoms with E-state index in [1.165, 1.54) is 0 Å². The molecule has 3 atom stereocenters. The van der Waals surface area contributed by atoms with Crippen LogP contribution in [0.5, 0.6) is 5.75 Å². The first-order chi connectivity index (χ1) is 16.4. The Morgan fingerprint density at radius 3 is 2.56 bits per heavy atom. The van der Waals surface area contributed by atoms with Crippen molar-refractivity contribution in [3.05, 3.63) is 95.6 Å². The van der Waals surface area contributed by atoms with Crippen LogP contribution < -0.4 is 14.8 Å². The number of carbonyl (C=O) groups is 1. The Morgan fingerprint density at radius 2 is 1.82 bits per heavy atom. The number of allylic oxidation sites excluding steroid dienone is 2. The normalized spacial score (nSPS) is 20.7. The Labute approximate surface area is 198 Å². The summed E-state index contributed by atoms with van der Waals surface area (Å²) in [6.45, 7) is 0. The molecule has 0 saturated carbocycles. The van der Waals surface area contributed by atoms with Crippen LogP contribution in [0, 0.1) is 5.92 Å². The van der Waals surface area contributed by atoms with E-state index in [4.69, 9.17) is 4.74 Å². The van der Waals surface area contributed by atoms with Crippen molar-refractivity contribution in [3.63, 3.8) is 0 Å². The highest BCUT2D eigenvalue weighted by atomic mass is 32.2. The second-order valence-corrected chi connectivity index (χ2v) is 10.1. The molecule has 174 valence electrons. The molecule has 3 aromatic carbocycles. The standard InChI is InChI=1S/C26H24N2O5S/c1-33-17-11-9-16(10-12-17)28-34(31,32)18-13-14-24-23(15-18)19-7-4-8-20(19)25(27-24)21-5-2-3-6-22(21)26(29)30/h2-7,9-15,19-20,25,27-28H,8H2,1H3,(H,29,30)/t19-,20+,25-/m0/s1. The van der Waals surface area contributed by atoms with Gasteiger partial charge >= 0.3 is 5.97 Å². The van der Waals surface area contributed by atoms with Gasteiger partial charge in [-0.05, 0) is 72.0 Å². The number of sulfonamides is 1. The number of hydrogen-bond acceptors (Lipinski definition) is 5. The molecule has 3 N–H and O–H groups in total. The molecule has 0 saturated heterocycles. The number of ether oxygens (including phenoxy) is 1. The number of aromatic carboxylic acids is 1. The number of fused-ring (bicyclic) bond motifs is 3. The first kappa shape index (κ1) is 22.0. The zero-order valence-corrected chi connectivity index (χ0v) is 19.2. The van der Waals surface area contributed by atoms with Crippen molar-refractivity contribution < 1.29 is 23.1 Å².